The van der Waals surface area contributed by atoms with Gasteiger partial charge in [0.05, 0.1) is 0 Å². The summed E-state index contributed by atoms with van der Waals surface area (Å²) in [6.07, 6.45) is 1.03. The number of hydrogen-bond donors (Lipinski definition) is 1. The molecule has 0 spiro atoms. The van der Waals surface area contributed by atoms with Gasteiger partial charge in [-0.1, -0.05) is 23.7 Å². The second-order valence-corrected chi connectivity index (χ2v) is 7.11. The molecule has 0 saturated carbocycles. The number of halogens is 1. The maximum absolute atomic E-state index is 12.4. The lowest BCUT2D eigenvalue weighted by Gasteiger charge is -2.28. The molecule has 1 heterocycles. The molecule has 2 rings (SSSR count). The minimum Gasteiger partial charge on any atom is -0.444 e. The van der Waals surface area contributed by atoms with E-state index >= 15 is 0 Å². The van der Waals surface area contributed by atoms with Crippen LogP contribution in [0, 0.1) is 0 Å². The molecule has 1 aliphatic rings. The number of benzene rings is 1. The van der Waals surface area contributed by atoms with Crippen molar-refractivity contribution in [2.75, 3.05) is 6.54 Å². The molecule has 126 valence electrons. The summed E-state index contributed by atoms with van der Waals surface area (Å²) in [4.78, 5) is 26.1. The van der Waals surface area contributed by atoms with Gasteiger partial charge in [0, 0.05) is 18.1 Å². The lowest BCUT2D eigenvalue weighted by molar-refractivity contribution is -0.125. The number of ether oxygens (including phenoxy) is 1. The topological polar surface area (TPSA) is 58.6 Å². The average Bonchev–Trinajstić information content (AvgIpc) is 2.94. The highest BCUT2D eigenvalue weighted by atomic mass is 35.5. The molecule has 1 aliphatic heterocycles. The van der Waals surface area contributed by atoms with Gasteiger partial charge in [0.15, 0.2) is 0 Å². The van der Waals surface area contributed by atoms with E-state index in [1.807, 2.05) is 32.9 Å². The van der Waals surface area contributed by atoms with Crippen LogP contribution in [0.2, 0.25) is 5.02 Å². The molecule has 23 heavy (non-hydrogen) atoms. The molecule has 0 radical (unpaired) electrons. The molecule has 1 unspecified atom stereocenters. The van der Waals surface area contributed by atoms with Crippen molar-refractivity contribution in [2.45, 2.75) is 51.8 Å². The molecule has 1 atom stereocenters. The fraction of sp³-hybridized carbons (Fsp3) is 0.529. The summed E-state index contributed by atoms with van der Waals surface area (Å²) in [6.45, 7) is 6.41. The fourth-order valence-corrected chi connectivity index (χ4v) is 2.61. The number of amides is 2. The SMILES string of the molecule is CC(C)(C)OC(=O)N1CCCC1C(=O)NCc1ccc(Cl)cc1. The summed E-state index contributed by atoms with van der Waals surface area (Å²) < 4.78 is 5.37. The fourth-order valence-electron chi connectivity index (χ4n) is 2.49. The highest BCUT2D eigenvalue weighted by Crippen LogP contribution is 2.21. The molecule has 0 aromatic heterocycles. The van der Waals surface area contributed by atoms with E-state index in [9.17, 15) is 9.59 Å². The third kappa shape index (κ3) is 5.13. The lowest BCUT2D eigenvalue weighted by Crippen LogP contribution is -2.47. The number of hydrogen-bond acceptors (Lipinski definition) is 3. The van der Waals surface area contributed by atoms with Crippen LogP contribution in [-0.4, -0.2) is 35.1 Å². The third-order valence-electron chi connectivity index (χ3n) is 3.56. The number of carbonyl (C=O) groups is 2. The summed E-state index contributed by atoms with van der Waals surface area (Å²) in [5.41, 5.74) is 0.397. The van der Waals surface area contributed by atoms with Crippen LogP contribution >= 0.6 is 11.6 Å². The molecule has 1 N–H and O–H groups in total. The van der Waals surface area contributed by atoms with E-state index in [1.54, 1.807) is 12.1 Å². The predicted molar refractivity (Wildman–Crippen MR) is 89.3 cm³/mol. The van der Waals surface area contributed by atoms with Crippen molar-refractivity contribution in [1.29, 1.82) is 0 Å². The largest absolute Gasteiger partial charge is 0.444 e. The molecule has 1 saturated heterocycles. The Bertz CT molecular complexity index is 566. The van der Waals surface area contributed by atoms with Crippen molar-refractivity contribution in [1.82, 2.24) is 10.2 Å². The molecule has 5 nitrogen and oxygen atoms in total. The van der Waals surface area contributed by atoms with Crippen LogP contribution in [0.25, 0.3) is 0 Å². The Morgan fingerprint density at radius 3 is 2.57 bits per heavy atom. The highest BCUT2D eigenvalue weighted by Gasteiger charge is 2.36. The van der Waals surface area contributed by atoms with Crippen LogP contribution in [0.3, 0.4) is 0 Å². The number of nitrogens with one attached hydrogen (secondary N) is 1. The van der Waals surface area contributed by atoms with Crippen LogP contribution in [0.4, 0.5) is 4.79 Å². The van der Waals surface area contributed by atoms with Gasteiger partial charge in [-0.3, -0.25) is 9.69 Å². The van der Waals surface area contributed by atoms with Crippen molar-refractivity contribution in [3.63, 3.8) is 0 Å². The average molecular weight is 339 g/mol. The highest BCUT2D eigenvalue weighted by molar-refractivity contribution is 6.30. The van der Waals surface area contributed by atoms with Crippen molar-refractivity contribution in [3.05, 3.63) is 34.9 Å². The first-order valence-corrected chi connectivity index (χ1v) is 8.16. The molecule has 1 aromatic carbocycles. The Hall–Kier alpha value is -1.75. The Balaban J connectivity index is 1.92. The van der Waals surface area contributed by atoms with Gasteiger partial charge in [-0.2, -0.15) is 0 Å². The van der Waals surface area contributed by atoms with Gasteiger partial charge in [0.2, 0.25) is 5.91 Å². The smallest absolute Gasteiger partial charge is 0.410 e. The zero-order valence-electron chi connectivity index (χ0n) is 13.8. The summed E-state index contributed by atoms with van der Waals surface area (Å²) in [6, 6.07) is 6.83. The van der Waals surface area contributed by atoms with Gasteiger partial charge in [0.25, 0.3) is 0 Å². The zero-order valence-corrected chi connectivity index (χ0v) is 14.5. The van der Waals surface area contributed by atoms with E-state index in [0.717, 1.165) is 12.0 Å². The first-order valence-electron chi connectivity index (χ1n) is 7.78. The molecule has 6 heteroatoms. The van der Waals surface area contributed by atoms with Crippen molar-refractivity contribution >= 4 is 23.6 Å². The first-order chi connectivity index (χ1) is 10.8. The number of rotatable bonds is 3. The van der Waals surface area contributed by atoms with Gasteiger partial charge in [-0.05, 0) is 51.3 Å². The van der Waals surface area contributed by atoms with Crippen LogP contribution in [0.1, 0.15) is 39.2 Å². The Labute approximate surface area is 141 Å². The van der Waals surface area contributed by atoms with Crippen LogP contribution < -0.4 is 5.32 Å². The minimum atomic E-state index is -0.565. The number of likely N-dealkylation sites (tertiary alicyclic amines) is 1. The molecular weight excluding hydrogens is 316 g/mol. The Morgan fingerprint density at radius 2 is 1.96 bits per heavy atom. The second-order valence-electron chi connectivity index (χ2n) is 6.68. The zero-order chi connectivity index (χ0) is 17.0. The molecular formula is C17H23ClN2O3. The summed E-state index contributed by atoms with van der Waals surface area (Å²) in [5, 5.41) is 3.54. The van der Waals surface area contributed by atoms with E-state index in [4.69, 9.17) is 16.3 Å². The van der Waals surface area contributed by atoms with Gasteiger partial charge < -0.3 is 10.1 Å². The predicted octanol–water partition coefficient (Wildman–Crippen LogP) is 3.36. The van der Waals surface area contributed by atoms with Crippen LogP contribution in [-0.2, 0) is 16.1 Å². The lowest BCUT2D eigenvalue weighted by atomic mass is 10.2. The molecule has 0 bridgehead atoms. The normalized spacial score (nSPS) is 17.9. The summed E-state index contributed by atoms with van der Waals surface area (Å²) in [7, 11) is 0. The molecule has 1 aromatic rings. The summed E-state index contributed by atoms with van der Waals surface area (Å²) >= 11 is 5.84. The Kier molecular flexibility index (Phi) is 5.52. The van der Waals surface area contributed by atoms with Crippen molar-refractivity contribution in [2.24, 2.45) is 0 Å². The van der Waals surface area contributed by atoms with Crippen LogP contribution in [0.5, 0.6) is 0 Å². The maximum atomic E-state index is 12.4. The third-order valence-corrected chi connectivity index (χ3v) is 3.82. The van der Waals surface area contributed by atoms with Gasteiger partial charge >= 0.3 is 6.09 Å². The van der Waals surface area contributed by atoms with Crippen molar-refractivity contribution in [3.8, 4) is 0 Å². The first kappa shape index (κ1) is 17.6. The standard InChI is InChI=1S/C17H23ClN2O3/c1-17(2,3)23-16(22)20-10-4-5-14(20)15(21)19-11-12-6-8-13(18)9-7-12/h6-9,14H,4-5,10-11H2,1-3H3,(H,19,21). The van der Waals surface area contributed by atoms with Crippen LogP contribution in [0.15, 0.2) is 24.3 Å². The number of nitrogens with zero attached hydrogens (tertiary/aromatic N) is 1. The van der Waals surface area contributed by atoms with Crippen molar-refractivity contribution < 1.29 is 14.3 Å². The van der Waals surface area contributed by atoms with E-state index in [0.29, 0.717) is 24.5 Å². The molecule has 1 fully saturated rings. The Morgan fingerprint density at radius 1 is 1.30 bits per heavy atom. The maximum Gasteiger partial charge on any atom is 0.410 e. The van der Waals surface area contributed by atoms with E-state index in [1.165, 1.54) is 4.90 Å². The second kappa shape index (κ2) is 7.21. The van der Waals surface area contributed by atoms with Gasteiger partial charge in [-0.25, -0.2) is 4.79 Å². The van der Waals surface area contributed by atoms with E-state index < -0.39 is 17.7 Å². The van der Waals surface area contributed by atoms with Gasteiger partial charge in [0.1, 0.15) is 11.6 Å². The quantitative estimate of drug-likeness (QED) is 0.919. The van der Waals surface area contributed by atoms with E-state index in [-0.39, 0.29) is 5.91 Å². The van der Waals surface area contributed by atoms with Gasteiger partial charge in [-0.15, -0.1) is 0 Å². The van der Waals surface area contributed by atoms with E-state index in [2.05, 4.69) is 5.32 Å². The molecule has 0 aliphatic carbocycles. The minimum absolute atomic E-state index is 0.150. The monoisotopic (exact) mass is 338 g/mol. The molecule has 2 amide bonds. The summed E-state index contributed by atoms with van der Waals surface area (Å²) in [5.74, 6) is -0.150. The number of carbonyl (C=O) groups excluding carboxylic acids is 2.